The number of hydrogen-bond acceptors (Lipinski definition) is 3. The highest BCUT2D eigenvalue weighted by Gasteiger charge is 2.23. The van der Waals surface area contributed by atoms with Crippen molar-refractivity contribution in [2.75, 3.05) is 19.7 Å². The fraction of sp³-hybridized carbons (Fsp3) is 0.500. The van der Waals surface area contributed by atoms with E-state index in [2.05, 4.69) is 30.6 Å². The standard InChI is InChI=1S/C16H21FN2O/c1-12-11-20-13(2)9-19(12)10-15-6-14(4-3-5-18)7-16(17)8-15/h6-8,12-13H,5,9-11,18H2,1-2H3. The lowest BCUT2D eigenvalue weighted by Crippen LogP contribution is -2.46. The van der Waals surface area contributed by atoms with Crippen LogP contribution < -0.4 is 5.73 Å². The summed E-state index contributed by atoms with van der Waals surface area (Å²) < 4.78 is 19.2. The molecule has 0 bridgehead atoms. The molecule has 1 aromatic rings. The van der Waals surface area contributed by atoms with Crippen LogP contribution >= 0.6 is 0 Å². The van der Waals surface area contributed by atoms with Gasteiger partial charge in [0.1, 0.15) is 5.82 Å². The van der Waals surface area contributed by atoms with Crippen molar-refractivity contribution in [3.8, 4) is 11.8 Å². The Labute approximate surface area is 119 Å². The monoisotopic (exact) mass is 276 g/mol. The van der Waals surface area contributed by atoms with E-state index in [1.807, 2.05) is 6.07 Å². The second-order valence-electron chi connectivity index (χ2n) is 5.28. The van der Waals surface area contributed by atoms with Crippen LogP contribution in [0.2, 0.25) is 0 Å². The number of nitrogens with zero attached hydrogens (tertiary/aromatic N) is 1. The summed E-state index contributed by atoms with van der Waals surface area (Å²) in [4.78, 5) is 2.31. The Bertz CT molecular complexity index is 521. The number of rotatable bonds is 2. The third-order valence-corrected chi connectivity index (χ3v) is 3.41. The van der Waals surface area contributed by atoms with Crippen molar-refractivity contribution in [1.29, 1.82) is 0 Å². The summed E-state index contributed by atoms with van der Waals surface area (Å²) in [5.41, 5.74) is 6.96. The zero-order valence-electron chi connectivity index (χ0n) is 12.0. The van der Waals surface area contributed by atoms with E-state index in [9.17, 15) is 4.39 Å². The Kier molecular flexibility index (Phi) is 5.13. The van der Waals surface area contributed by atoms with E-state index in [1.165, 1.54) is 6.07 Å². The average Bonchev–Trinajstić information content (AvgIpc) is 2.40. The van der Waals surface area contributed by atoms with Crippen LogP contribution in [0.15, 0.2) is 18.2 Å². The third-order valence-electron chi connectivity index (χ3n) is 3.41. The van der Waals surface area contributed by atoms with Gasteiger partial charge in [0.15, 0.2) is 0 Å². The molecule has 1 aliphatic heterocycles. The predicted molar refractivity (Wildman–Crippen MR) is 77.6 cm³/mol. The molecule has 0 spiro atoms. The molecule has 0 aliphatic carbocycles. The number of ether oxygens (including phenoxy) is 1. The molecular formula is C16H21FN2O. The van der Waals surface area contributed by atoms with Gasteiger partial charge in [0.25, 0.3) is 0 Å². The van der Waals surface area contributed by atoms with Gasteiger partial charge >= 0.3 is 0 Å². The highest BCUT2D eigenvalue weighted by Crippen LogP contribution is 2.17. The first-order valence-corrected chi connectivity index (χ1v) is 6.92. The second-order valence-corrected chi connectivity index (χ2v) is 5.28. The topological polar surface area (TPSA) is 38.5 Å². The Morgan fingerprint density at radius 2 is 2.20 bits per heavy atom. The molecule has 0 radical (unpaired) electrons. The van der Waals surface area contributed by atoms with Crippen LogP contribution in [0.3, 0.4) is 0 Å². The summed E-state index contributed by atoms with van der Waals surface area (Å²) in [7, 11) is 0. The molecule has 2 atom stereocenters. The fourth-order valence-corrected chi connectivity index (χ4v) is 2.39. The van der Waals surface area contributed by atoms with E-state index in [-0.39, 0.29) is 18.5 Å². The molecule has 2 unspecified atom stereocenters. The van der Waals surface area contributed by atoms with Crippen LogP contribution in [0, 0.1) is 17.7 Å². The van der Waals surface area contributed by atoms with Gasteiger partial charge in [-0.25, -0.2) is 4.39 Å². The smallest absolute Gasteiger partial charge is 0.124 e. The minimum absolute atomic E-state index is 0.219. The molecule has 1 saturated heterocycles. The minimum Gasteiger partial charge on any atom is -0.376 e. The number of hydrogen-bond donors (Lipinski definition) is 1. The number of halogens is 1. The van der Waals surface area contributed by atoms with Gasteiger partial charge < -0.3 is 10.5 Å². The molecule has 1 aliphatic rings. The van der Waals surface area contributed by atoms with Gasteiger partial charge in [-0.3, -0.25) is 4.90 Å². The number of nitrogens with two attached hydrogens (primary N) is 1. The van der Waals surface area contributed by atoms with Crippen LogP contribution in [0.4, 0.5) is 4.39 Å². The van der Waals surface area contributed by atoms with Gasteiger partial charge in [-0.05, 0) is 37.6 Å². The Hall–Kier alpha value is -1.41. The van der Waals surface area contributed by atoms with Crippen molar-refractivity contribution >= 4 is 0 Å². The third kappa shape index (κ3) is 4.04. The van der Waals surface area contributed by atoms with E-state index >= 15 is 0 Å². The van der Waals surface area contributed by atoms with Crippen LogP contribution in [-0.4, -0.2) is 36.7 Å². The van der Waals surface area contributed by atoms with Crippen molar-refractivity contribution in [2.45, 2.75) is 32.5 Å². The lowest BCUT2D eigenvalue weighted by atomic mass is 10.1. The Morgan fingerprint density at radius 1 is 1.40 bits per heavy atom. The Morgan fingerprint density at radius 3 is 2.95 bits per heavy atom. The summed E-state index contributed by atoms with van der Waals surface area (Å²) in [6.45, 7) is 6.76. The van der Waals surface area contributed by atoms with E-state index in [0.29, 0.717) is 18.2 Å². The fourth-order valence-electron chi connectivity index (χ4n) is 2.39. The molecule has 3 nitrogen and oxygen atoms in total. The lowest BCUT2D eigenvalue weighted by molar-refractivity contribution is -0.0526. The van der Waals surface area contributed by atoms with Crippen LogP contribution in [0.5, 0.6) is 0 Å². The average molecular weight is 276 g/mol. The van der Waals surface area contributed by atoms with Gasteiger partial charge in [-0.1, -0.05) is 11.8 Å². The minimum atomic E-state index is -0.252. The normalized spacial score (nSPS) is 23.2. The van der Waals surface area contributed by atoms with Gasteiger partial charge in [-0.15, -0.1) is 0 Å². The molecule has 1 fully saturated rings. The Balaban J connectivity index is 2.14. The number of morpholine rings is 1. The maximum atomic E-state index is 13.6. The van der Waals surface area contributed by atoms with Gasteiger partial charge in [0.05, 0.1) is 19.3 Å². The first kappa shape index (κ1) is 15.0. The van der Waals surface area contributed by atoms with E-state index in [1.54, 1.807) is 6.07 Å². The molecule has 0 aromatic heterocycles. The van der Waals surface area contributed by atoms with Crippen molar-refractivity contribution < 1.29 is 9.13 Å². The van der Waals surface area contributed by atoms with Crippen molar-refractivity contribution in [3.05, 3.63) is 35.1 Å². The maximum absolute atomic E-state index is 13.6. The zero-order valence-corrected chi connectivity index (χ0v) is 12.0. The number of benzene rings is 1. The van der Waals surface area contributed by atoms with Gasteiger partial charge in [0.2, 0.25) is 0 Å². The molecule has 0 amide bonds. The highest BCUT2D eigenvalue weighted by molar-refractivity contribution is 5.38. The molecule has 1 heterocycles. The van der Waals surface area contributed by atoms with Gasteiger partial charge in [0, 0.05) is 24.7 Å². The second kappa shape index (κ2) is 6.85. The molecule has 108 valence electrons. The van der Waals surface area contributed by atoms with Crippen molar-refractivity contribution in [3.63, 3.8) is 0 Å². The SMILES string of the molecule is CC1CN(Cc2cc(F)cc(C#CCN)c2)C(C)CO1. The van der Waals surface area contributed by atoms with Crippen LogP contribution in [0.25, 0.3) is 0 Å². The first-order chi connectivity index (χ1) is 9.58. The largest absolute Gasteiger partial charge is 0.376 e. The van der Waals surface area contributed by atoms with Gasteiger partial charge in [-0.2, -0.15) is 0 Å². The zero-order chi connectivity index (χ0) is 14.5. The summed E-state index contributed by atoms with van der Waals surface area (Å²) in [6, 6.07) is 5.28. The summed E-state index contributed by atoms with van der Waals surface area (Å²) in [5.74, 6) is 5.39. The van der Waals surface area contributed by atoms with Crippen LogP contribution in [0.1, 0.15) is 25.0 Å². The molecule has 2 rings (SSSR count). The molecule has 0 saturated carbocycles. The molecular weight excluding hydrogens is 255 g/mol. The van der Waals surface area contributed by atoms with E-state index in [0.717, 1.165) is 18.7 Å². The molecule has 4 heteroatoms. The summed E-state index contributed by atoms with van der Waals surface area (Å²) in [5, 5.41) is 0. The van der Waals surface area contributed by atoms with E-state index in [4.69, 9.17) is 10.5 Å². The quantitative estimate of drug-likeness (QED) is 0.836. The molecule has 2 N–H and O–H groups in total. The van der Waals surface area contributed by atoms with Crippen molar-refractivity contribution in [1.82, 2.24) is 4.90 Å². The molecule has 1 aromatic carbocycles. The predicted octanol–water partition coefficient (Wildman–Crippen LogP) is 1.75. The van der Waals surface area contributed by atoms with Crippen LogP contribution in [-0.2, 0) is 11.3 Å². The lowest BCUT2D eigenvalue weighted by Gasteiger charge is -2.36. The van der Waals surface area contributed by atoms with E-state index < -0.39 is 0 Å². The highest BCUT2D eigenvalue weighted by atomic mass is 19.1. The summed E-state index contributed by atoms with van der Waals surface area (Å²) in [6.07, 6.45) is 0.219. The first-order valence-electron chi connectivity index (χ1n) is 6.92. The molecule has 20 heavy (non-hydrogen) atoms. The maximum Gasteiger partial charge on any atom is 0.124 e. The summed E-state index contributed by atoms with van der Waals surface area (Å²) >= 11 is 0. The van der Waals surface area contributed by atoms with Crippen molar-refractivity contribution in [2.24, 2.45) is 5.73 Å².